The van der Waals surface area contributed by atoms with Gasteiger partial charge in [-0.25, -0.2) is 4.79 Å². The Morgan fingerprint density at radius 1 is 1.07 bits per heavy atom. The third-order valence-corrected chi connectivity index (χ3v) is 4.77. The molecule has 0 aliphatic rings. The molecule has 0 fully saturated rings. The molecule has 152 valence electrons. The van der Waals surface area contributed by atoms with Gasteiger partial charge in [-0.2, -0.15) is 0 Å². The highest BCUT2D eigenvalue weighted by molar-refractivity contribution is 5.96. The molecule has 3 rings (SSSR count). The molecule has 2 aromatic carbocycles. The van der Waals surface area contributed by atoms with Gasteiger partial charge < -0.3 is 19.8 Å². The van der Waals surface area contributed by atoms with Crippen molar-refractivity contribution in [3.8, 4) is 5.75 Å². The molecule has 3 aromatic rings. The molecule has 0 atom stereocenters. The third-order valence-electron chi connectivity index (χ3n) is 4.77. The maximum absolute atomic E-state index is 12.2. The van der Waals surface area contributed by atoms with E-state index in [1.54, 1.807) is 19.2 Å². The van der Waals surface area contributed by atoms with Gasteiger partial charge in [0, 0.05) is 23.5 Å². The van der Waals surface area contributed by atoms with Crippen molar-refractivity contribution in [2.24, 2.45) is 0 Å². The SMILES string of the molecule is COc1ccc2cc(C(=O)OCC(=O)NCCc3ccc(C(C)C)cc3)[nH]c2c1. The summed E-state index contributed by atoms with van der Waals surface area (Å²) in [5.74, 6) is 0.296. The van der Waals surface area contributed by atoms with Gasteiger partial charge in [0.05, 0.1) is 7.11 Å². The second-order valence-corrected chi connectivity index (χ2v) is 7.21. The average Bonchev–Trinajstić information content (AvgIpc) is 3.15. The number of carbonyl (C=O) groups is 2. The van der Waals surface area contributed by atoms with Crippen LogP contribution in [0.2, 0.25) is 0 Å². The van der Waals surface area contributed by atoms with Crippen molar-refractivity contribution >= 4 is 22.8 Å². The molecule has 0 bridgehead atoms. The van der Waals surface area contributed by atoms with Crippen LogP contribution in [0.4, 0.5) is 0 Å². The fourth-order valence-corrected chi connectivity index (χ4v) is 3.02. The predicted molar refractivity (Wildman–Crippen MR) is 112 cm³/mol. The Hall–Kier alpha value is -3.28. The van der Waals surface area contributed by atoms with E-state index in [4.69, 9.17) is 9.47 Å². The van der Waals surface area contributed by atoms with Crippen molar-refractivity contribution in [2.75, 3.05) is 20.3 Å². The Morgan fingerprint density at radius 3 is 2.52 bits per heavy atom. The normalized spacial score (nSPS) is 10.9. The first-order chi connectivity index (χ1) is 14.0. The summed E-state index contributed by atoms with van der Waals surface area (Å²) in [7, 11) is 1.58. The quantitative estimate of drug-likeness (QED) is 0.569. The van der Waals surface area contributed by atoms with E-state index in [9.17, 15) is 9.59 Å². The summed E-state index contributed by atoms with van der Waals surface area (Å²) < 4.78 is 10.3. The molecule has 1 amide bonds. The molecule has 29 heavy (non-hydrogen) atoms. The van der Waals surface area contributed by atoms with Gasteiger partial charge >= 0.3 is 5.97 Å². The Labute approximate surface area is 170 Å². The lowest BCUT2D eigenvalue weighted by Crippen LogP contribution is -2.30. The first-order valence-corrected chi connectivity index (χ1v) is 9.65. The van der Waals surface area contributed by atoms with E-state index < -0.39 is 5.97 Å². The average molecular weight is 394 g/mol. The van der Waals surface area contributed by atoms with E-state index in [0.29, 0.717) is 23.9 Å². The Morgan fingerprint density at radius 2 is 1.83 bits per heavy atom. The van der Waals surface area contributed by atoms with Crippen LogP contribution < -0.4 is 10.1 Å². The van der Waals surface area contributed by atoms with Crippen LogP contribution in [0.25, 0.3) is 10.9 Å². The number of fused-ring (bicyclic) bond motifs is 1. The van der Waals surface area contributed by atoms with Crippen LogP contribution in [-0.2, 0) is 16.0 Å². The third kappa shape index (κ3) is 5.38. The van der Waals surface area contributed by atoms with E-state index in [0.717, 1.165) is 22.9 Å². The summed E-state index contributed by atoms with van der Waals surface area (Å²) in [6.45, 7) is 4.49. The lowest BCUT2D eigenvalue weighted by molar-refractivity contribution is -0.124. The summed E-state index contributed by atoms with van der Waals surface area (Å²) in [4.78, 5) is 27.1. The van der Waals surface area contributed by atoms with Gasteiger partial charge in [0.2, 0.25) is 0 Å². The van der Waals surface area contributed by atoms with Crippen molar-refractivity contribution in [3.05, 3.63) is 65.4 Å². The van der Waals surface area contributed by atoms with Crippen LogP contribution in [0, 0.1) is 0 Å². The number of benzene rings is 2. The van der Waals surface area contributed by atoms with Crippen LogP contribution >= 0.6 is 0 Å². The molecule has 1 heterocycles. The minimum absolute atomic E-state index is 0.297. The van der Waals surface area contributed by atoms with Gasteiger partial charge in [-0.1, -0.05) is 38.1 Å². The van der Waals surface area contributed by atoms with E-state index in [1.807, 2.05) is 12.1 Å². The molecule has 0 saturated carbocycles. The highest BCUT2D eigenvalue weighted by Gasteiger charge is 2.13. The molecule has 0 spiro atoms. The molecule has 6 heteroatoms. The number of rotatable bonds is 8. The van der Waals surface area contributed by atoms with E-state index in [2.05, 4.69) is 48.4 Å². The highest BCUT2D eigenvalue weighted by Crippen LogP contribution is 2.21. The molecule has 0 aliphatic heterocycles. The summed E-state index contributed by atoms with van der Waals surface area (Å²) in [6.07, 6.45) is 0.724. The van der Waals surface area contributed by atoms with Gasteiger partial charge in [-0.15, -0.1) is 0 Å². The minimum Gasteiger partial charge on any atom is -0.497 e. The molecule has 6 nitrogen and oxygen atoms in total. The molecule has 1 aromatic heterocycles. The van der Waals surface area contributed by atoms with Gasteiger partial charge in [0.25, 0.3) is 5.91 Å². The van der Waals surface area contributed by atoms with Crippen molar-refractivity contribution in [3.63, 3.8) is 0 Å². The van der Waals surface area contributed by atoms with Gasteiger partial charge in [0.1, 0.15) is 11.4 Å². The first kappa shape index (κ1) is 20.5. The van der Waals surface area contributed by atoms with Crippen LogP contribution in [0.3, 0.4) is 0 Å². The molecule has 0 aliphatic carbocycles. The monoisotopic (exact) mass is 394 g/mol. The summed E-state index contributed by atoms with van der Waals surface area (Å²) in [5.41, 5.74) is 3.51. The standard InChI is InChI=1S/C23H26N2O4/c1-15(2)17-6-4-16(5-7-17)10-11-24-22(26)14-29-23(27)21-12-18-8-9-19(28-3)13-20(18)25-21/h4-9,12-13,15,25H,10-11,14H2,1-3H3,(H,24,26). The molecular weight excluding hydrogens is 368 g/mol. The van der Waals surface area contributed by atoms with Crippen molar-refractivity contribution in [1.29, 1.82) is 0 Å². The van der Waals surface area contributed by atoms with Crippen molar-refractivity contribution < 1.29 is 19.1 Å². The number of esters is 1. The van der Waals surface area contributed by atoms with Crippen molar-refractivity contribution in [1.82, 2.24) is 10.3 Å². The second kappa shape index (κ2) is 9.28. The number of aromatic amines is 1. The van der Waals surface area contributed by atoms with Crippen molar-refractivity contribution in [2.45, 2.75) is 26.2 Å². The Balaban J connectivity index is 1.44. The topological polar surface area (TPSA) is 80.4 Å². The van der Waals surface area contributed by atoms with Crippen LogP contribution in [-0.4, -0.2) is 37.1 Å². The smallest absolute Gasteiger partial charge is 0.355 e. The van der Waals surface area contributed by atoms with Crippen LogP contribution in [0.1, 0.15) is 41.4 Å². The Kier molecular flexibility index (Phi) is 6.54. The number of methoxy groups -OCH3 is 1. The first-order valence-electron chi connectivity index (χ1n) is 9.65. The molecule has 0 unspecified atom stereocenters. The Bertz CT molecular complexity index is 990. The summed E-state index contributed by atoms with van der Waals surface area (Å²) in [5, 5.41) is 3.64. The maximum atomic E-state index is 12.2. The van der Waals surface area contributed by atoms with E-state index in [1.165, 1.54) is 5.56 Å². The zero-order valence-corrected chi connectivity index (χ0v) is 17.0. The number of hydrogen-bond donors (Lipinski definition) is 2. The molecule has 2 N–H and O–H groups in total. The molecule has 0 saturated heterocycles. The van der Waals surface area contributed by atoms with E-state index in [-0.39, 0.29) is 12.5 Å². The number of nitrogens with one attached hydrogen (secondary N) is 2. The fourth-order valence-electron chi connectivity index (χ4n) is 3.02. The van der Waals surface area contributed by atoms with Crippen LogP contribution in [0.5, 0.6) is 5.75 Å². The zero-order valence-electron chi connectivity index (χ0n) is 17.0. The lowest BCUT2D eigenvalue weighted by atomic mass is 10.0. The highest BCUT2D eigenvalue weighted by atomic mass is 16.5. The summed E-state index contributed by atoms with van der Waals surface area (Å²) in [6, 6.07) is 15.5. The number of aromatic nitrogens is 1. The predicted octanol–water partition coefficient (Wildman–Crippen LogP) is 3.82. The van der Waals surface area contributed by atoms with Gasteiger partial charge in [0.15, 0.2) is 6.61 Å². The largest absolute Gasteiger partial charge is 0.497 e. The van der Waals surface area contributed by atoms with Gasteiger partial charge in [-0.3, -0.25) is 4.79 Å². The number of amides is 1. The zero-order chi connectivity index (χ0) is 20.8. The molecule has 0 radical (unpaired) electrons. The number of hydrogen-bond acceptors (Lipinski definition) is 4. The number of ether oxygens (including phenoxy) is 2. The fraction of sp³-hybridized carbons (Fsp3) is 0.304. The van der Waals surface area contributed by atoms with Crippen LogP contribution in [0.15, 0.2) is 48.5 Å². The molecular formula is C23H26N2O4. The maximum Gasteiger partial charge on any atom is 0.355 e. The minimum atomic E-state index is -0.570. The lowest BCUT2D eigenvalue weighted by Gasteiger charge is -2.08. The second-order valence-electron chi connectivity index (χ2n) is 7.21. The number of carbonyl (C=O) groups excluding carboxylic acids is 2. The summed E-state index contributed by atoms with van der Waals surface area (Å²) >= 11 is 0. The number of H-pyrrole nitrogens is 1. The van der Waals surface area contributed by atoms with Gasteiger partial charge in [-0.05, 0) is 41.7 Å². The van der Waals surface area contributed by atoms with E-state index >= 15 is 0 Å².